The van der Waals surface area contributed by atoms with Gasteiger partial charge in [0, 0.05) is 26.0 Å². The molecule has 0 aromatic carbocycles. The summed E-state index contributed by atoms with van der Waals surface area (Å²) in [6.07, 6.45) is -1.76. The van der Waals surface area contributed by atoms with Gasteiger partial charge in [-0.05, 0) is 0 Å². The van der Waals surface area contributed by atoms with E-state index in [4.69, 9.17) is 5.11 Å². The van der Waals surface area contributed by atoms with E-state index in [9.17, 15) is 14.2 Å². The average Bonchev–Trinajstić information content (AvgIpc) is 2.90. The third-order valence-corrected chi connectivity index (χ3v) is 4.94. The summed E-state index contributed by atoms with van der Waals surface area (Å²) in [6.45, 7) is 0. The maximum atomic E-state index is 12.1. The van der Waals surface area contributed by atoms with Crippen LogP contribution >= 0.6 is 18.9 Å². The fraction of sp³-hybridized carbons (Fsp3) is 0.500. The summed E-state index contributed by atoms with van der Waals surface area (Å²) in [5, 5.41) is 12.6. The van der Waals surface area contributed by atoms with Crippen molar-refractivity contribution in [2.75, 3.05) is 20.4 Å². The molecule has 1 amide bonds. The summed E-state index contributed by atoms with van der Waals surface area (Å²) >= 11 is 1.33. The van der Waals surface area contributed by atoms with Gasteiger partial charge in [0.2, 0.25) is 0 Å². The number of thiazole rings is 1. The van der Waals surface area contributed by atoms with E-state index in [0.29, 0.717) is 5.69 Å². The third kappa shape index (κ3) is 5.01. The molecule has 1 aromatic rings. The lowest BCUT2D eigenvalue weighted by atomic mass is 10.1. The van der Waals surface area contributed by atoms with Gasteiger partial charge < -0.3 is 19.5 Å². The summed E-state index contributed by atoms with van der Waals surface area (Å²) in [5.74, 6) is -0.576. The van der Waals surface area contributed by atoms with Crippen molar-refractivity contribution in [3.8, 4) is 0 Å². The van der Waals surface area contributed by atoms with Crippen molar-refractivity contribution in [1.82, 2.24) is 10.3 Å². The lowest BCUT2D eigenvalue weighted by molar-refractivity contribution is -0.118. The van der Waals surface area contributed by atoms with Gasteiger partial charge in [0.15, 0.2) is 5.78 Å². The molecule has 1 rings (SSSR count). The Kier molecular flexibility index (Phi) is 6.28. The van der Waals surface area contributed by atoms with E-state index in [-0.39, 0.29) is 6.42 Å². The highest BCUT2D eigenvalue weighted by atomic mass is 32.1. The molecule has 0 spiro atoms. The van der Waals surface area contributed by atoms with Gasteiger partial charge in [-0.15, -0.1) is 11.3 Å². The van der Waals surface area contributed by atoms with E-state index >= 15 is 0 Å². The van der Waals surface area contributed by atoms with Gasteiger partial charge in [0.1, 0.15) is 6.16 Å². The largest absolute Gasteiger partial charge is 0.465 e. The van der Waals surface area contributed by atoms with Gasteiger partial charge in [0.05, 0.1) is 17.2 Å². The highest BCUT2D eigenvalue weighted by molar-refractivity contribution is 7.54. The van der Waals surface area contributed by atoms with Crippen molar-refractivity contribution in [1.29, 1.82) is 0 Å². The molecule has 1 atom stereocenters. The zero-order valence-electron chi connectivity index (χ0n) is 10.9. The number of ketones is 1. The second-order valence-corrected chi connectivity index (χ2v) is 6.77. The molecule has 0 saturated heterocycles. The predicted molar refractivity (Wildman–Crippen MR) is 72.3 cm³/mol. The Morgan fingerprint density at radius 2 is 2.15 bits per heavy atom. The molecular weight excluding hydrogens is 307 g/mol. The number of aromatic nitrogens is 1. The van der Waals surface area contributed by atoms with Gasteiger partial charge in [-0.1, -0.05) is 0 Å². The minimum absolute atomic E-state index is 0.0854. The Balaban J connectivity index is 2.79. The first kappa shape index (κ1) is 16.8. The number of carboxylic acid groups (broad SMARTS) is 1. The lowest BCUT2D eigenvalue weighted by Crippen LogP contribution is -2.43. The summed E-state index contributed by atoms with van der Waals surface area (Å²) in [5.41, 5.74) is 2.15. The molecule has 1 aromatic heterocycles. The molecule has 20 heavy (non-hydrogen) atoms. The molecular formula is C10H15N2O6PS. The van der Waals surface area contributed by atoms with Crippen molar-refractivity contribution < 1.29 is 28.3 Å². The number of nitrogens with zero attached hydrogens (tertiary/aromatic N) is 1. The van der Waals surface area contributed by atoms with Crippen molar-refractivity contribution >= 4 is 30.8 Å². The molecule has 0 unspecified atom stereocenters. The van der Waals surface area contributed by atoms with E-state index in [1.807, 2.05) is 0 Å². The van der Waals surface area contributed by atoms with Gasteiger partial charge in [0.25, 0.3) is 0 Å². The standard InChI is InChI=1S/C10H15N2O6PS/c1-17-19(16,18-2)4-9(13)8(12-10(14)15)3-7-5-20-6-11-7/h5-6,8,12H,3-4H2,1-2H3,(H,14,15)/t8-/m0/s1. The van der Waals surface area contributed by atoms with Crippen LogP contribution in [-0.4, -0.2) is 48.4 Å². The number of hydrogen-bond acceptors (Lipinski definition) is 7. The Labute approximate surface area is 119 Å². The van der Waals surface area contributed by atoms with Crippen LogP contribution in [0.5, 0.6) is 0 Å². The lowest BCUT2D eigenvalue weighted by Gasteiger charge is -2.18. The number of rotatable bonds is 8. The van der Waals surface area contributed by atoms with Crippen LogP contribution in [0.15, 0.2) is 10.9 Å². The normalized spacial score (nSPS) is 12.9. The van der Waals surface area contributed by atoms with Crippen LogP contribution in [0.4, 0.5) is 4.79 Å². The third-order valence-electron chi connectivity index (χ3n) is 2.49. The molecule has 2 N–H and O–H groups in total. The second kappa shape index (κ2) is 7.49. The summed E-state index contributed by atoms with van der Waals surface area (Å²) < 4.78 is 21.2. The van der Waals surface area contributed by atoms with Crippen LogP contribution in [0.3, 0.4) is 0 Å². The van der Waals surface area contributed by atoms with Crippen molar-refractivity contribution in [2.24, 2.45) is 0 Å². The van der Waals surface area contributed by atoms with Crippen molar-refractivity contribution in [3.63, 3.8) is 0 Å². The molecule has 112 valence electrons. The number of nitrogens with one attached hydrogen (secondary N) is 1. The van der Waals surface area contributed by atoms with Crippen LogP contribution in [0, 0.1) is 0 Å². The first-order valence-electron chi connectivity index (χ1n) is 5.50. The summed E-state index contributed by atoms with van der Waals surface area (Å²) in [4.78, 5) is 26.8. The van der Waals surface area contributed by atoms with Crippen molar-refractivity contribution in [3.05, 3.63) is 16.6 Å². The fourth-order valence-electron chi connectivity index (χ4n) is 1.45. The monoisotopic (exact) mass is 322 g/mol. The van der Waals surface area contributed by atoms with Crippen LogP contribution in [0.25, 0.3) is 0 Å². The fourth-order valence-corrected chi connectivity index (χ4v) is 3.03. The zero-order valence-corrected chi connectivity index (χ0v) is 12.6. The molecule has 0 saturated carbocycles. The molecule has 0 aliphatic heterocycles. The predicted octanol–water partition coefficient (Wildman–Crippen LogP) is 1.38. The summed E-state index contributed by atoms with van der Waals surface area (Å²) in [7, 11) is -1.20. The van der Waals surface area contributed by atoms with Crippen LogP contribution in [-0.2, 0) is 24.8 Å². The van der Waals surface area contributed by atoms with Crippen LogP contribution in [0.2, 0.25) is 0 Å². The molecule has 1 heterocycles. The zero-order chi connectivity index (χ0) is 15.2. The first-order valence-corrected chi connectivity index (χ1v) is 8.17. The van der Waals surface area contributed by atoms with Gasteiger partial charge >= 0.3 is 13.7 Å². The maximum absolute atomic E-state index is 12.1. The second-order valence-electron chi connectivity index (χ2n) is 3.79. The molecule has 0 aliphatic rings. The highest BCUT2D eigenvalue weighted by Crippen LogP contribution is 2.46. The Hall–Kier alpha value is -1.28. The summed E-state index contributed by atoms with van der Waals surface area (Å²) in [6, 6.07) is -1.05. The average molecular weight is 322 g/mol. The SMILES string of the molecule is COP(=O)(CC(=O)[C@H](Cc1cscn1)NC(=O)O)OC. The van der Waals surface area contributed by atoms with E-state index in [2.05, 4.69) is 19.3 Å². The number of hydrogen-bond donors (Lipinski definition) is 2. The van der Waals surface area contributed by atoms with E-state index in [1.165, 1.54) is 11.3 Å². The molecule has 0 bridgehead atoms. The highest BCUT2D eigenvalue weighted by Gasteiger charge is 2.31. The minimum atomic E-state index is -3.52. The maximum Gasteiger partial charge on any atom is 0.405 e. The molecule has 0 aliphatic carbocycles. The van der Waals surface area contributed by atoms with E-state index in [1.54, 1.807) is 10.9 Å². The Morgan fingerprint density at radius 1 is 1.50 bits per heavy atom. The first-order chi connectivity index (χ1) is 9.40. The van der Waals surface area contributed by atoms with E-state index < -0.39 is 31.7 Å². The minimum Gasteiger partial charge on any atom is -0.465 e. The van der Waals surface area contributed by atoms with Crippen LogP contribution in [0.1, 0.15) is 5.69 Å². The smallest absolute Gasteiger partial charge is 0.405 e. The molecule has 8 nitrogen and oxygen atoms in total. The Bertz CT molecular complexity index is 498. The number of amides is 1. The number of Topliss-reactive ketones (excluding diaryl/α,β-unsaturated/α-hetero) is 1. The van der Waals surface area contributed by atoms with Gasteiger partial charge in [-0.25, -0.2) is 9.78 Å². The molecule has 0 radical (unpaired) electrons. The topological polar surface area (TPSA) is 115 Å². The van der Waals surface area contributed by atoms with Crippen molar-refractivity contribution in [2.45, 2.75) is 12.5 Å². The number of carbonyl (C=O) groups is 2. The molecule has 10 heteroatoms. The Morgan fingerprint density at radius 3 is 2.60 bits per heavy atom. The van der Waals surface area contributed by atoms with Gasteiger partial charge in [-0.2, -0.15) is 0 Å². The van der Waals surface area contributed by atoms with E-state index in [0.717, 1.165) is 14.2 Å². The van der Waals surface area contributed by atoms with Gasteiger partial charge in [-0.3, -0.25) is 9.36 Å². The quantitative estimate of drug-likeness (QED) is 0.695. The van der Waals surface area contributed by atoms with Crippen LogP contribution < -0.4 is 5.32 Å². The molecule has 0 fully saturated rings. The number of carbonyl (C=O) groups excluding carboxylic acids is 1.